The molecule has 0 aliphatic rings. The Morgan fingerprint density at radius 2 is 2.25 bits per heavy atom. The highest BCUT2D eigenvalue weighted by Crippen LogP contribution is 1.91. The largest absolute Gasteiger partial charge is 0.232 e. The van der Waals surface area contributed by atoms with Crippen molar-refractivity contribution in [1.82, 2.24) is 0 Å². The van der Waals surface area contributed by atoms with E-state index in [-0.39, 0.29) is 6.61 Å². The average Bonchev–Trinajstić information content (AvgIpc) is 1.68. The van der Waals surface area contributed by atoms with Crippen LogP contribution in [-0.2, 0) is 5.11 Å². The first-order chi connectivity index (χ1) is 3.81. The van der Waals surface area contributed by atoms with Crippen molar-refractivity contribution in [2.45, 2.75) is 13.8 Å². The third-order valence-corrected chi connectivity index (χ3v) is 0.835. The maximum atomic E-state index is 9.90. The van der Waals surface area contributed by atoms with Crippen LogP contribution >= 0.6 is 0 Å². The van der Waals surface area contributed by atoms with Crippen LogP contribution in [0.15, 0.2) is 23.8 Å². The van der Waals surface area contributed by atoms with Crippen molar-refractivity contribution in [3.05, 3.63) is 23.8 Å². The van der Waals surface area contributed by atoms with Crippen LogP contribution in [0.4, 0.5) is 0 Å². The molecular weight excluding hydrogens is 100 g/mol. The first-order valence-corrected chi connectivity index (χ1v) is 2.68. The molecule has 0 atom stereocenters. The van der Waals surface area contributed by atoms with Crippen LogP contribution in [0.2, 0.25) is 0 Å². The third-order valence-electron chi connectivity index (χ3n) is 0.835. The van der Waals surface area contributed by atoms with Crippen LogP contribution in [0.1, 0.15) is 13.8 Å². The van der Waals surface area contributed by atoms with Crippen LogP contribution in [0, 0.1) is 0 Å². The van der Waals surface area contributed by atoms with E-state index in [1.165, 1.54) is 0 Å². The van der Waals surface area contributed by atoms with Crippen molar-refractivity contribution in [2.24, 2.45) is 0 Å². The molecule has 45 valence electrons. The molecule has 8 heavy (non-hydrogen) atoms. The summed E-state index contributed by atoms with van der Waals surface area (Å²) in [5, 5.41) is 9.90. The Kier molecular flexibility index (Phi) is 4.27. The van der Waals surface area contributed by atoms with Gasteiger partial charge in [0.1, 0.15) is 6.61 Å². The van der Waals surface area contributed by atoms with Crippen molar-refractivity contribution in [1.29, 1.82) is 0 Å². The molecule has 0 fully saturated rings. The Morgan fingerprint density at radius 1 is 1.62 bits per heavy atom. The maximum Gasteiger partial charge on any atom is 0.101 e. The topological polar surface area (TPSA) is 19.9 Å². The van der Waals surface area contributed by atoms with E-state index in [0.29, 0.717) is 0 Å². The van der Waals surface area contributed by atoms with E-state index in [0.717, 1.165) is 5.57 Å². The zero-order valence-electron chi connectivity index (χ0n) is 5.35. The van der Waals surface area contributed by atoms with Gasteiger partial charge in [-0.1, -0.05) is 23.8 Å². The fourth-order valence-corrected chi connectivity index (χ4v) is 0.462. The molecular formula is C7H11O. The quantitative estimate of drug-likeness (QED) is 0.485. The second-order valence-corrected chi connectivity index (χ2v) is 1.61. The minimum atomic E-state index is -0.115. The van der Waals surface area contributed by atoms with Gasteiger partial charge < -0.3 is 0 Å². The van der Waals surface area contributed by atoms with Gasteiger partial charge in [0.25, 0.3) is 0 Å². The van der Waals surface area contributed by atoms with Crippen molar-refractivity contribution < 1.29 is 5.11 Å². The second kappa shape index (κ2) is 4.60. The Balaban J connectivity index is 3.61. The summed E-state index contributed by atoms with van der Waals surface area (Å²) in [7, 11) is 0. The molecule has 1 radical (unpaired) electrons. The van der Waals surface area contributed by atoms with E-state index in [1.54, 1.807) is 6.08 Å². The Morgan fingerprint density at radius 3 is 2.62 bits per heavy atom. The lowest BCUT2D eigenvalue weighted by molar-refractivity contribution is 0.232. The Hall–Kier alpha value is -0.560. The molecule has 0 amide bonds. The predicted molar refractivity (Wildman–Crippen MR) is 34.1 cm³/mol. The first kappa shape index (κ1) is 7.44. The lowest BCUT2D eigenvalue weighted by Crippen LogP contribution is -1.72. The molecule has 0 aromatic carbocycles. The van der Waals surface area contributed by atoms with E-state index in [2.05, 4.69) is 0 Å². The zero-order chi connectivity index (χ0) is 6.41. The average molecular weight is 111 g/mol. The monoisotopic (exact) mass is 111 g/mol. The minimum Gasteiger partial charge on any atom is -0.232 e. The number of hydrogen-bond donors (Lipinski definition) is 0. The van der Waals surface area contributed by atoms with Gasteiger partial charge in [-0.3, -0.25) is 0 Å². The summed E-state index contributed by atoms with van der Waals surface area (Å²) in [5.74, 6) is 0. The molecule has 0 spiro atoms. The predicted octanol–water partition coefficient (Wildman–Crippen LogP) is 1.94. The third kappa shape index (κ3) is 3.62. The van der Waals surface area contributed by atoms with Gasteiger partial charge >= 0.3 is 0 Å². The van der Waals surface area contributed by atoms with Gasteiger partial charge in [0, 0.05) is 0 Å². The number of allylic oxidation sites excluding steroid dienone is 3. The van der Waals surface area contributed by atoms with E-state index < -0.39 is 0 Å². The summed E-state index contributed by atoms with van der Waals surface area (Å²) in [6, 6.07) is 0. The number of rotatable bonds is 2. The molecule has 0 rings (SSSR count). The molecule has 0 N–H and O–H groups in total. The van der Waals surface area contributed by atoms with Crippen molar-refractivity contribution in [3.63, 3.8) is 0 Å². The van der Waals surface area contributed by atoms with Gasteiger partial charge in [-0.25, -0.2) is 5.11 Å². The van der Waals surface area contributed by atoms with E-state index in [9.17, 15) is 5.11 Å². The molecule has 0 saturated carbocycles. The molecule has 0 heterocycles. The Bertz CT molecular complexity index is 101. The summed E-state index contributed by atoms with van der Waals surface area (Å²) < 4.78 is 0. The van der Waals surface area contributed by atoms with Crippen molar-refractivity contribution >= 4 is 0 Å². The fourth-order valence-electron chi connectivity index (χ4n) is 0.462. The fraction of sp³-hybridized carbons (Fsp3) is 0.429. The molecule has 0 aromatic rings. The van der Waals surface area contributed by atoms with Crippen LogP contribution in [0.3, 0.4) is 0 Å². The van der Waals surface area contributed by atoms with Gasteiger partial charge in [-0.2, -0.15) is 0 Å². The lowest BCUT2D eigenvalue weighted by Gasteiger charge is -1.84. The van der Waals surface area contributed by atoms with Crippen molar-refractivity contribution in [3.8, 4) is 0 Å². The SMILES string of the molecule is CC=CC(C)=CC[O]. The lowest BCUT2D eigenvalue weighted by atomic mass is 10.3. The zero-order valence-corrected chi connectivity index (χ0v) is 5.35. The number of hydrogen-bond acceptors (Lipinski definition) is 0. The van der Waals surface area contributed by atoms with Gasteiger partial charge in [-0.15, -0.1) is 0 Å². The highest BCUT2D eigenvalue weighted by Gasteiger charge is 1.75. The molecule has 0 unspecified atom stereocenters. The summed E-state index contributed by atoms with van der Waals surface area (Å²) in [5.41, 5.74) is 1.04. The normalized spacial score (nSPS) is 13.1. The van der Waals surface area contributed by atoms with Gasteiger partial charge in [0.05, 0.1) is 0 Å². The molecule has 0 bridgehead atoms. The summed E-state index contributed by atoms with van der Waals surface area (Å²) in [4.78, 5) is 0. The van der Waals surface area contributed by atoms with Crippen LogP contribution in [0.5, 0.6) is 0 Å². The second-order valence-electron chi connectivity index (χ2n) is 1.61. The maximum absolute atomic E-state index is 9.90. The molecule has 1 nitrogen and oxygen atoms in total. The van der Waals surface area contributed by atoms with Crippen LogP contribution in [-0.4, -0.2) is 6.61 Å². The van der Waals surface area contributed by atoms with Gasteiger partial charge in [0.2, 0.25) is 0 Å². The molecule has 0 aliphatic heterocycles. The van der Waals surface area contributed by atoms with Crippen LogP contribution in [0.25, 0.3) is 0 Å². The summed E-state index contributed by atoms with van der Waals surface area (Å²) >= 11 is 0. The van der Waals surface area contributed by atoms with E-state index in [1.807, 2.05) is 26.0 Å². The molecule has 1 heteroatoms. The Labute approximate surface area is 50.3 Å². The summed E-state index contributed by atoms with van der Waals surface area (Å²) in [6.45, 7) is 3.73. The van der Waals surface area contributed by atoms with E-state index in [4.69, 9.17) is 0 Å². The van der Waals surface area contributed by atoms with Crippen LogP contribution < -0.4 is 0 Å². The van der Waals surface area contributed by atoms with Crippen molar-refractivity contribution in [2.75, 3.05) is 6.61 Å². The minimum absolute atomic E-state index is 0.115. The first-order valence-electron chi connectivity index (χ1n) is 2.68. The van der Waals surface area contributed by atoms with Gasteiger partial charge in [-0.05, 0) is 13.8 Å². The highest BCUT2D eigenvalue weighted by atomic mass is 16.2. The van der Waals surface area contributed by atoms with Gasteiger partial charge in [0.15, 0.2) is 0 Å². The highest BCUT2D eigenvalue weighted by molar-refractivity contribution is 5.14. The summed E-state index contributed by atoms with van der Waals surface area (Å²) in [6.07, 6.45) is 5.49. The van der Waals surface area contributed by atoms with E-state index >= 15 is 0 Å². The molecule has 0 aliphatic carbocycles. The smallest absolute Gasteiger partial charge is 0.101 e. The standard InChI is InChI=1S/C7H11O/c1-3-4-7(2)5-6-8/h3-5H,6H2,1-2H3. The molecule has 0 saturated heterocycles. The molecule has 0 aromatic heterocycles.